The standard InChI is InChI=1S/C7H15NO2/c1-3-10-8-6-4-7(5-6)9-2/h6-8H,3-5H2,1-2H3. The van der Waals surface area contributed by atoms with Crippen molar-refractivity contribution in [2.75, 3.05) is 13.7 Å². The Morgan fingerprint density at radius 3 is 2.70 bits per heavy atom. The molecule has 0 atom stereocenters. The highest BCUT2D eigenvalue weighted by Gasteiger charge is 2.28. The fourth-order valence-electron chi connectivity index (χ4n) is 1.06. The third-order valence-corrected chi connectivity index (χ3v) is 1.82. The SMILES string of the molecule is CCONC1CC(OC)C1. The van der Waals surface area contributed by atoms with Crippen LogP contribution < -0.4 is 5.48 Å². The maximum Gasteiger partial charge on any atom is 0.0654 e. The van der Waals surface area contributed by atoms with Gasteiger partial charge in [-0.1, -0.05) is 0 Å². The van der Waals surface area contributed by atoms with Gasteiger partial charge in [-0.2, -0.15) is 5.48 Å². The smallest absolute Gasteiger partial charge is 0.0654 e. The lowest BCUT2D eigenvalue weighted by molar-refractivity contribution is -0.0550. The summed E-state index contributed by atoms with van der Waals surface area (Å²) in [6.45, 7) is 2.70. The summed E-state index contributed by atoms with van der Waals surface area (Å²) in [5.74, 6) is 0. The quantitative estimate of drug-likeness (QED) is 0.591. The monoisotopic (exact) mass is 145 g/mol. The van der Waals surface area contributed by atoms with Crippen LogP contribution >= 0.6 is 0 Å². The van der Waals surface area contributed by atoms with Crippen LogP contribution in [-0.4, -0.2) is 25.9 Å². The summed E-state index contributed by atoms with van der Waals surface area (Å²) in [6, 6.07) is 0.518. The van der Waals surface area contributed by atoms with Crippen LogP contribution in [0.1, 0.15) is 19.8 Å². The van der Waals surface area contributed by atoms with Gasteiger partial charge in [0.05, 0.1) is 12.7 Å². The average molecular weight is 145 g/mol. The van der Waals surface area contributed by atoms with Crippen LogP contribution in [0.4, 0.5) is 0 Å². The molecule has 0 aromatic rings. The molecule has 1 aliphatic rings. The van der Waals surface area contributed by atoms with Crippen molar-refractivity contribution in [2.45, 2.75) is 31.9 Å². The largest absolute Gasteiger partial charge is 0.381 e. The number of rotatable bonds is 4. The summed E-state index contributed by atoms with van der Waals surface area (Å²) < 4.78 is 5.10. The Kier molecular flexibility index (Phi) is 3.12. The van der Waals surface area contributed by atoms with E-state index in [9.17, 15) is 0 Å². The van der Waals surface area contributed by atoms with E-state index in [-0.39, 0.29) is 0 Å². The fourth-order valence-corrected chi connectivity index (χ4v) is 1.06. The summed E-state index contributed by atoms with van der Waals surface area (Å²) in [7, 11) is 1.75. The molecule has 0 saturated heterocycles. The normalized spacial score (nSPS) is 31.8. The van der Waals surface area contributed by atoms with E-state index in [0.717, 1.165) is 19.4 Å². The molecule has 0 radical (unpaired) electrons. The van der Waals surface area contributed by atoms with Crippen molar-refractivity contribution in [3.63, 3.8) is 0 Å². The van der Waals surface area contributed by atoms with Gasteiger partial charge in [-0.3, -0.25) is 0 Å². The molecule has 0 amide bonds. The Morgan fingerprint density at radius 2 is 2.20 bits per heavy atom. The number of nitrogens with one attached hydrogen (secondary N) is 1. The zero-order valence-corrected chi connectivity index (χ0v) is 6.59. The van der Waals surface area contributed by atoms with E-state index in [1.165, 1.54) is 0 Å². The van der Waals surface area contributed by atoms with Crippen molar-refractivity contribution in [1.29, 1.82) is 0 Å². The maximum absolute atomic E-state index is 5.10. The van der Waals surface area contributed by atoms with Crippen LogP contribution in [0.15, 0.2) is 0 Å². The van der Waals surface area contributed by atoms with Crippen molar-refractivity contribution < 1.29 is 9.57 Å². The highest BCUT2D eigenvalue weighted by molar-refractivity contribution is 4.83. The molecular weight excluding hydrogens is 130 g/mol. The molecule has 0 aromatic carbocycles. The lowest BCUT2D eigenvalue weighted by Gasteiger charge is -2.33. The number of hydrogen-bond donors (Lipinski definition) is 1. The van der Waals surface area contributed by atoms with Crippen molar-refractivity contribution >= 4 is 0 Å². The molecular formula is C7H15NO2. The highest BCUT2D eigenvalue weighted by atomic mass is 16.6. The van der Waals surface area contributed by atoms with Gasteiger partial charge in [0, 0.05) is 13.2 Å². The van der Waals surface area contributed by atoms with Crippen molar-refractivity contribution in [1.82, 2.24) is 5.48 Å². The van der Waals surface area contributed by atoms with E-state index in [1.807, 2.05) is 6.92 Å². The van der Waals surface area contributed by atoms with Crippen LogP contribution in [0.2, 0.25) is 0 Å². The molecule has 60 valence electrons. The minimum absolute atomic E-state index is 0.456. The van der Waals surface area contributed by atoms with Gasteiger partial charge in [0.25, 0.3) is 0 Å². The second-order valence-corrected chi connectivity index (χ2v) is 2.58. The Hall–Kier alpha value is -0.120. The molecule has 0 unspecified atom stereocenters. The summed E-state index contributed by atoms with van der Waals surface area (Å²) in [5.41, 5.74) is 2.95. The maximum atomic E-state index is 5.10. The molecule has 10 heavy (non-hydrogen) atoms. The van der Waals surface area contributed by atoms with E-state index >= 15 is 0 Å². The van der Waals surface area contributed by atoms with Crippen LogP contribution in [0.25, 0.3) is 0 Å². The third kappa shape index (κ3) is 1.94. The predicted octanol–water partition coefficient (Wildman–Crippen LogP) is 0.705. The van der Waals surface area contributed by atoms with Crippen LogP contribution in [-0.2, 0) is 9.57 Å². The van der Waals surface area contributed by atoms with Gasteiger partial charge in [0.1, 0.15) is 0 Å². The van der Waals surface area contributed by atoms with E-state index in [4.69, 9.17) is 9.57 Å². The first-order chi connectivity index (χ1) is 4.86. The van der Waals surface area contributed by atoms with E-state index < -0.39 is 0 Å². The number of hydroxylamine groups is 1. The first-order valence-electron chi connectivity index (χ1n) is 3.77. The second-order valence-electron chi connectivity index (χ2n) is 2.58. The van der Waals surface area contributed by atoms with E-state index in [1.54, 1.807) is 7.11 Å². The molecule has 0 aliphatic heterocycles. The van der Waals surface area contributed by atoms with Gasteiger partial charge in [0.2, 0.25) is 0 Å². The molecule has 0 bridgehead atoms. The molecule has 3 heteroatoms. The number of ether oxygens (including phenoxy) is 1. The number of methoxy groups -OCH3 is 1. The molecule has 3 nitrogen and oxygen atoms in total. The van der Waals surface area contributed by atoms with Gasteiger partial charge in [-0.15, -0.1) is 0 Å². The Morgan fingerprint density at radius 1 is 1.50 bits per heavy atom. The first-order valence-corrected chi connectivity index (χ1v) is 3.77. The van der Waals surface area contributed by atoms with Gasteiger partial charge in [-0.05, 0) is 19.8 Å². The molecule has 0 spiro atoms. The second kappa shape index (κ2) is 3.91. The zero-order chi connectivity index (χ0) is 7.40. The lowest BCUT2D eigenvalue weighted by Crippen LogP contribution is -2.44. The molecule has 1 aliphatic carbocycles. The van der Waals surface area contributed by atoms with E-state index in [2.05, 4.69) is 5.48 Å². The van der Waals surface area contributed by atoms with Gasteiger partial charge >= 0.3 is 0 Å². The molecule has 0 aromatic heterocycles. The van der Waals surface area contributed by atoms with Gasteiger partial charge < -0.3 is 9.57 Å². The lowest BCUT2D eigenvalue weighted by atomic mass is 9.90. The summed E-state index contributed by atoms with van der Waals surface area (Å²) in [5, 5.41) is 0. The molecule has 0 heterocycles. The molecule has 1 fully saturated rings. The van der Waals surface area contributed by atoms with Crippen molar-refractivity contribution in [3.05, 3.63) is 0 Å². The van der Waals surface area contributed by atoms with E-state index in [0.29, 0.717) is 12.1 Å². The van der Waals surface area contributed by atoms with Crippen LogP contribution in [0, 0.1) is 0 Å². The topological polar surface area (TPSA) is 30.5 Å². The minimum atomic E-state index is 0.456. The highest BCUT2D eigenvalue weighted by Crippen LogP contribution is 2.22. The first kappa shape index (κ1) is 7.98. The zero-order valence-electron chi connectivity index (χ0n) is 6.59. The van der Waals surface area contributed by atoms with Gasteiger partial charge in [-0.25, -0.2) is 0 Å². The van der Waals surface area contributed by atoms with Crippen LogP contribution in [0.5, 0.6) is 0 Å². The molecule has 1 saturated carbocycles. The summed E-state index contributed by atoms with van der Waals surface area (Å²) in [4.78, 5) is 5.02. The van der Waals surface area contributed by atoms with Crippen LogP contribution in [0.3, 0.4) is 0 Å². The average Bonchev–Trinajstić information content (AvgIpc) is 1.86. The fraction of sp³-hybridized carbons (Fsp3) is 1.00. The molecule has 1 rings (SSSR count). The summed E-state index contributed by atoms with van der Waals surface area (Å²) >= 11 is 0. The van der Waals surface area contributed by atoms with Crippen molar-refractivity contribution in [3.8, 4) is 0 Å². The third-order valence-electron chi connectivity index (χ3n) is 1.82. The molecule has 1 N–H and O–H groups in total. The Bertz CT molecular complexity index is 88.9. The Labute approximate surface area is 61.7 Å². The predicted molar refractivity (Wildman–Crippen MR) is 38.6 cm³/mol. The minimum Gasteiger partial charge on any atom is -0.381 e. The number of hydrogen-bond acceptors (Lipinski definition) is 3. The summed E-state index contributed by atoms with van der Waals surface area (Å²) in [6.07, 6.45) is 2.62. The Balaban J connectivity index is 1.93. The van der Waals surface area contributed by atoms with Gasteiger partial charge in [0.15, 0.2) is 0 Å². The van der Waals surface area contributed by atoms with Crippen molar-refractivity contribution in [2.24, 2.45) is 0 Å².